The second-order valence-electron chi connectivity index (χ2n) is 9.88. The van der Waals surface area contributed by atoms with Crippen molar-refractivity contribution in [2.45, 2.75) is 64.2 Å². The molecule has 1 saturated heterocycles. The van der Waals surface area contributed by atoms with Crippen LogP contribution in [0, 0.1) is 11.3 Å². The molecule has 3 heterocycles. The highest BCUT2D eigenvalue weighted by Crippen LogP contribution is 2.63. The minimum absolute atomic E-state index is 0.0395. The van der Waals surface area contributed by atoms with Gasteiger partial charge in [0.25, 0.3) is 0 Å². The van der Waals surface area contributed by atoms with Gasteiger partial charge in [-0.3, -0.25) is 9.67 Å². The topological polar surface area (TPSA) is 74.1 Å². The summed E-state index contributed by atoms with van der Waals surface area (Å²) in [6.45, 7) is 8.87. The van der Waals surface area contributed by atoms with Crippen molar-refractivity contribution in [3.05, 3.63) is 24.8 Å². The molecule has 2 spiro atoms. The lowest BCUT2D eigenvalue weighted by atomic mass is 9.81. The molecule has 2 aromatic rings. The highest BCUT2D eigenvalue weighted by Gasteiger charge is 2.58. The lowest BCUT2D eigenvalue weighted by Crippen LogP contribution is -2.36. The van der Waals surface area contributed by atoms with Crippen LogP contribution in [0.4, 0.5) is 5.82 Å². The number of rotatable bonds is 4. The van der Waals surface area contributed by atoms with Gasteiger partial charge < -0.3 is 14.8 Å². The predicted octanol–water partition coefficient (Wildman–Crippen LogP) is 3.83. The van der Waals surface area contributed by atoms with Gasteiger partial charge in [0.1, 0.15) is 5.82 Å². The van der Waals surface area contributed by atoms with Gasteiger partial charge in [-0.2, -0.15) is 5.10 Å². The first-order chi connectivity index (χ1) is 13.9. The van der Waals surface area contributed by atoms with Gasteiger partial charge in [-0.15, -0.1) is 0 Å². The van der Waals surface area contributed by atoms with Gasteiger partial charge in [0.15, 0.2) is 5.79 Å². The van der Waals surface area contributed by atoms with Gasteiger partial charge in [0, 0.05) is 31.1 Å². The molecule has 1 aliphatic heterocycles. The van der Waals surface area contributed by atoms with Gasteiger partial charge in [-0.1, -0.05) is 0 Å². The van der Waals surface area contributed by atoms with E-state index in [-0.39, 0.29) is 11.3 Å². The van der Waals surface area contributed by atoms with E-state index in [1.54, 1.807) is 0 Å². The fourth-order valence-corrected chi connectivity index (χ4v) is 4.87. The minimum atomic E-state index is -0.256. The lowest BCUT2D eigenvalue weighted by Gasteiger charge is -2.36. The molecule has 156 valence electrons. The molecule has 3 fully saturated rings. The Morgan fingerprint density at radius 3 is 2.45 bits per heavy atom. The number of ether oxygens (including phenoxy) is 2. The summed E-state index contributed by atoms with van der Waals surface area (Å²) in [7, 11) is 0. The normalized spacial score (nSPS) is 24.9. The Balaban J connectivity index is 1.14. The maximum atomic E-state index is 5.87. The smallest absolute Gasteiger partial charge is 0.168 e. The molecule has 29 heavy (non-hydrogen) atoms. The molecule has 5 rings (SSSR count). The van der Waals surface area contributed by atoms with Crippen LogP contribution in [0.15, 0.2) is 24.8 Å². The third-order valence-electron chi connectivity index (χ3n) is 6.93. The number of hydrogen-bond acceptors (Lipinski definition) is 6. The third-order valence-corrected chi connectivity index (χ3v) is 6.93. The Morgan fingerprint density at radius 2 is 1.83 bits per heavy atom. The summed E-state index contributed by atoms with van der Waals surface area (Å²) in [6, 6.07) is 0. The van der Waals surface area contributed by atoms with Gasteiger partial charge >= 0.3 is 0 Å². The SMILES string of the molecule is CC(C)(C)n1cc(-c2cnc(NCC3CC34CCC3(CC4)OCCO3)cn2)cn1. The Hall–Kier alpha value is -1.99. The average molecular weight is 398 g/mol. The number of aromatic nitrogens is 4. The van der Waals surface area contributed by atoms with Gasteiger partial charge in [0.2, 0.25) is 0 Å². The van der Waals surface area contributed by atoms with Crippen LogP contribution < -0.4 is 5.32 Å². The summed E-state index contributed by atoms with van der Waals surface area (Å²) >= 11 is 0. The largest absolute Gasteiger partial charge is 0.368 e. The summed E-state index contributed by atoms with van der Waals surface area (Å²) in [4.78, 5) is 9.15. The van der Waals surface area contributed by atoms with Crippen LogP contribution in [0.2, 0.25) is 0 Å². The van der Waals surface area contributed by atoms with Crippen LogP contribution in [-0.4, -0.2) is 45.3 Å². The number of nitrogens with one attached hydrogen (secondary N) is 1. The van der Waals surface area contributed by atoms with E-state index < -0.39 is 0 Å². The van der Waals surface area contributed by atoms with Crippen LogP contribution in [0.5, 0.6) is 0 Å². The fourth-order valence-electron chi connectivity index (χ4n) is 4.87. The third kappa shape index (κ3) is 3.66. The van der Waals surface area contributed by atoms with Crippen molar-refractivity contribution in [3.8, 4) is 11.3 Å². The van der Waals surface area contributed by atoms with Crippen molar-refractivity contribution < 1.29 is 9.47 Å². The molecule has 0 aromatic carbocycles. The molecule has 1 atom stereocenters. The van der Waals surface area contributed by atoms with Crippen LogP contribution in [0.25, 0.3) is 11.3 Å². The van der Waals surface area contributed by atoms with Crippen LogP contribution in [-0.2, 0) is 15.0 Å². The maximum Gasteiger partial charge on any atom is 0.168 e. The summed E-state index contributed by atoms with van der Waals surface area (Å²) in [5.41, 5.74) is 2.29. The van der Waals surface area contributed by atoms with Gasteiger partial charge in [-0.05, 0) is 51.4 Å². The first-order valence-corrected chi connectivity index (χ1v) is 10.8. The zero-order chi connectivity index (χ0) is 20.1. The second kappa shape index (κ2) is 6.77. The molecule has 2 saturated carbocycles. The van der Waals surface area contributed by atoms with Gasteiger partial charge in [0.05, 0.1) is 43.0 Å². The lowest BCUT2D eigenvalue weighted by molar-refractivity contribution is -0.185. The van der Waals surface area contributed by atoms with Crippen molar-refractivity contribution in [1.29, 1.82) is 0 Å². The van der Waals surface area contributed by atoms with E-state index in [4.69, 9.17) is 9.47 Å². The first-order valence-electron chi connectivity index (χ1n) is 10.8. The van der Waals surface area contributed by atoms with E-state index in [1.165, 1.54) is 19.3 Å². The Bertz CT molecular complexity index is 854. The van der Waals surface area contributed by atoms with E-state index in [0.29, 0.717) is 11.3 Å². The van der Waals surface area contributed by atoms with E-state index in [1.807, 2.05) is 29.5 Å². The van der Waals surface area contributed by atoms with Crippen molar-refractivity contribution in [2.24, 2.45) is 11.3 Å². The molecule has 1 unspecified atom stereocenters. The van der Waals surface area contributed by atoms with E-state index in [0.717, 1.165) is 49.7 Å². The van der Waals surface area contributed by atoms with Crippen LogP contribution in [0.1, 0.15) is 52.9 Å². The highest BCUT2D eigenvalue weighted by molar-refractivity contribution is 5.56. The second-order valence-corrected chi connectivity index (χ2v) is 9.88. The summed E-state index contributed by atoms with van der Waals surface area (Å²) in [5, 5.41) is 7.93. The van der Waals surface area contributed by atoms with E-state index >= 15 is 0 Å². The van der Waals surface area contributed by atoms with Crippen molar-refractivity contribution in [2.75, 3.05) is 25.1 Å². The molecule has 0 radical (unpaired) electrons. The standard InChI is InChI=1S/C22H31N5O2/c1-20(2,3)27-15-16(11-26-27)18-13-25-19(14-23-18)24-12-17-10-21(17)4-6-22(7-5-21)28-8-9-29-22/h11,13-15,17H,4-10,12H2,1-3H3,(H,24,25). The molecule has 3 aliphatic rings. The zero-order valence-electron chi connectivity index (χ0n) is 17.6. The maximum absolute atomic E-state index is 5.87. The molecule has 7 heteroatoms. The van der Waals surface area contributed by atoms with E-state index in [9.17, 15) is 0 Å². The molecule has 2 aliphatic carbocycles. The van der Waals surface area contributed by atoms with Crippen LogP contribution >= 0.6 is 0 Å². The summed E-state index contributed by atoms with van der Waals surface area (Å²) in [6.07, 6.45) is 13.3. The van der Waals surface area contributed by atoms with E-state index in [2.05, 4.69) is 41.2 Å². The number of hydrogen-bond donors (Lipinski definition) is 1. The van der Waals surface area contributed by atoms with Crippen molar-refractivity contribution in [1.82, 2.24) is 19.7 Å². The average Bonchev–Trinajstić information content (AvgIpc) is 3.09. The van der Waals surface area contributed by atoms with Crippen molar-refractivity contribution >= 4 is 5.82 Å². The predicted molar refractivity (Wildman–Crippen MR) is 110 cm³/mol. The summed E-state index contributed by atoms with van der Waals surface area (Å²) < 4.78 is 13.7. The molecule has 0 amide bonds. The number of anilines is 1. The Labute approximate surface area is 172 Å². The van der Waals surface area contributed by atoms with Crippen molar-refractivity contribution in [3.63, 3.8) is 0 Å². The van der Waals surface area contributed by atoms with Gasteiger partial charge in [-0.25, -0.2) is 4.98 Å². The zero-order valence-corrected chi connectivity index (χ0v) is 17.6. The molecular formula is C22H31N5O2. The van der Waals surface area contributed by atoms with Crippen LogP contribution in [0.3, 0.4) is 0 Å². The quantitative estimate of drug-likeness (QED) is 0.845. The fraction of sp³-hybridized carbons (Fsp3) is 0.682. The Morgan fingerprint density at radius 1 is 1.07 bits per heavy atom. The summed E-state index contributed by atoms with van der Waals surface area (Å²) in [5.74, 6) is 1.30. The molecule has 2 aromatic heterocycles. The Kier molecular flexibility index (Phi) is 4.44. The molecule has 0 bridgehead atoms. The minimum Gasteiger partial charge on any atom is -0.368 e. The highest BCUT2D eigenvalue weighted by atomic mass is 16.7. The number of nitrogens with zero attached hydrogens (tertiary/aromatic N) is 4. The first kappa shape index (κ1) is 19.0. The monoisotopic (exact) mass is 397 g/mol. The molecule has 1 N–H and O–H groups in total. The molecule has 7 nitrogen and oxygen atoms in total. The molecular weight excluding hydrogens is 366 g/mol.